The van der Waals surface area contributed by atoms with Crippen molar-refractivity contribution in [2.75, 3.05) is 33.3 Å². The number of carbonyl (C=O) groups excluding carboxylic acids is 2. The zero-order valence-corrected chi connectivity index (χ0v) is 19.4. The van der Waals surface area contributed by atoms with Crippen LogP contribution < -0.4 is 19.1 Å². The molecule has 2 aromatic rings. The second kappa shape index (κ2) is 9.18. The molecule has 0 saturated heterocycles. The largest absolute Gasteiger partial charge is 0.493 e. The number of aryl methyl sites for hydroxylation is 2. The maximum absolute atomic E-state index is 13.5. The van der Waals surface area contributed by atoms with E-state index in [-0.39, 0.29) is 17.1 Å². The molecule has 0 fully saturated rings. The number of nitrogens with zero attached hydrogens (tertiary/aromatic N) is 1. The van der Waals surface area contributed by atoms with E-state index in [1.807, 2.05) is 32.0 Å². The Morgan fingerprint density at radius 2 is 1.50 bits per heavy atom. The van der Waals surface area contributed by atoms with E-state index < -0.39 is 5.97 Å². The van der Waals surface area contributed by atoms with Gasteiger partial charge >= 0.3 is 5.97 Å². The van der Waals surface area contributed by atoms with Gasteiger partial charge in [0.2, 0.25) is 5.75 Å². The third-order valence-corrected chi connectivity index (χ3v) is 5.54. The summed E-state index contributed by atoms with van der Waals surface area (Å²) in [4.78, 5) is 27.7. The summed E-state index contributed by atoms with van der Waals surface area (Å²) in [5.74, 6) is 0.415. The van der Waals surface area contributed by atoms with Gasteiger partial charge in [-0.25, -0.2) is 4.79 Å². The minimum absolute atomic E-state index is 0.212. The summed E-state index contributed by atoms with van der Waals surface area (Å²) in [7, 11) is 5.84. The van der Waals surface area contributed by atoms with Crippen LogP contribution in [0.1, 0.15) is 23.6 Å². The fraction of sp³-hybridized carbons (Fsp3) is 0.280. The summed E-state index contributed by atoms with van der Waals surface area (Å²) in [5.41, 5.74) is 4.40. The number of ether oxygens (including phenoxy) is 4. The van der Waals surface area contributed by atoms with Crippen molar-refractivity contribution < 1.29 is 28.5 Å². The van der Waals surface area contributed by atoms with Gasteiger partial charge in [-0.3, -0.25) is 9.69 Å². The highest BCUT2D eigenvalue weighted by atomic mass is 16.5. The lowest BCUT2D eigenvalue weighted by Gasteiger charge is -2.19. The summed E-state index contributed by atoms with van der Waals surface area (Å²) in [6.45, 7) is 5.71. The maximum atomic E-state index is 13.5. The molecule has 0 aliphatic carbocycles. The van der Waals surface area contributed by atoms with Gasteiger partial charge in [0.15, 0.2) is 11.5 Å². The standard InChI is InChI=1S/C25H27NO6/c1-14-8-9-18(10-15(14)2)26-16(3)22(25(28)32-7)19(24(26)27)11-17-12-20(29-4)23(31-6)21(13-17)30-5/h8-13H,1-7H3/b19-11-. The molecule has 168 valence electrons. The van der Waals surface area contributed by atoms with Crippen molar-refractivity contribution in [3.05, 3.63) is 63.9 Å². The van der Waals surface area contributed by atoms with Gasteiger partial charge in [0.05, 0.1) is 39.6 Å². The highest BCUT2D eigenvalue weighted by molar-refractivity contribution is 6.23. The number of esters is 1. The average molecular weight is 437 g/mol. The summed E-state index contributed by atoms with van der Waals surface area (Å²) >= 11 is 0. The molecule has 3 rings (SSSR count). The Morgan fingerprint density at radius 1 is 0.875 bits per heavy atom. The van der Waals surface area contributed by atoms with E-state index in [1.54, 1.807) is 25.1 Å². The fourth-order valence-electron chi connectivity index (χ4n) is 3.71. The van der Waals surface area contributed by atoms with E-state index >= 15 is 0 Å². The highest BCUT2D eigenvalue weighted by Crippen LogP contribution is 2.41. The number of anilines is 1. The topological polar surface area (TPSA) is 74.3 Å². The maximum Gasteiger partial charge on any atom is 0.340 e. The first-order valence-corrected chi connectivity index (χ1v) is 10.00. The lowest BCUT2D eigenvalue weighted by Crippen LogP contribution is -2.24. The molecular formula is C25H27NO6. The third-order valence-electron chi connectivity index (χ3n) is 5.54. The van der Waals surface area contributed by atoms with E-state index in [9.17, 15) is 9.59 Å². The summed E-state index contributed by atoms with van der Waals surface area (Å²) in [6, 6.07) is 9.16. The van der Waals surface area contributed by atoms with Gasteiger partial charge in [0.1, 0.15) is 0 Å². The van der Waals surface area contributed by atoms with Crippen LogP contribution in [-0.4, -0.2) is 40.3 Å². The zero-order valence-electron chi connectivity index (χ0n) is 19.4. The van der Waals surface area contributed by atoms with Crippen molar-refractivity contribution >= 4 is 23.6 Å². The summed E-state index contributed by atoms with van der Waals surface area (Å²) < 4.78 is 21.2. The van der Waals surface area contributed by atoms with Crippen LogP contribution in [0.25, 0.3) is 6.08 Å². The number of amides is 1. The van der Waals surface area contributed by atoms with Crippen molar-refractivity contribution in [1.82, 2.24) is 0 Å². The normalized spacial score (nSPS) is 14.8. The highest BCUT2D eigenvalue weighted by Gasteiger charge is 2.38. The smallest absolute Gasteiger partial charge is 0.340 e. The van der Waals surface area contributed by atoms with Crippen molar-refractivity contribution in [3.63, 3.8) is 0 Å². The van der Waals surface area contributed by atoms with E-state index in [2.05, 4.69) is 0 Å². The molecule has 0 bridgehead atoms. The Bertz CT molecular complexity index is 1120. The molecule has 0 unspecified atom stereocenters. The van der Waals surface area contributed by atoms with Crippen molar-refractivity contribution in [2.24, 2.45) is 0 Å². The van der Waals surface area contributed by atoms with Gasteiger partial charge in [-0.2, -0.15) is 0 Å². The molecule has 0 atom stereocenters. The molecule has 1 heterocycles. The molecule has 0 spiro atoms. The first-order chi connectivity index (χ1) is 15.3. The van der Waals surface area contributed by atoms with Crippen molar-refractivity contribution in [2.45, 2.75) is 20.8 Å². The van der Waals surface area contributed by atoms with Crippen LogP contribution in [-0.2, 0) is 14.3 Å². The molecule has 2 aromatic carbocycles. The van der Waals surface area contributed by atoms with Crippen LogP contribution in [0, 0.1) is 13.8 Å². The van der Waals surface area contributed by atoms with Crippen LogP contribution in [0.15, 0.2) is 47.2 Å². The number of hydrogen-bond acceptors (Lipinski definition) is 6. The molecule has 0 N–H and O–H groups in total. The van der Waals surface area contributed by atoms with Crippen molar-refractivity contribution in [1.29, 1.82) is 0 Å². The molecule has 32 heavy (non-hydrogen) atoms. The average Bonchev–Trinajstić information content (AvgIpc) is 3.03. The van der Waals surface area contributed by atoms with Crippen LogP contribution >= 0.6 is 0 Å². The van der Waals surface area contributed by atoms with Gasteiger partial charge in [-0.05, 0) is 67.8 Å². The molecule has 1 aliphatic rings. The number of hydrogen-bond donors (Lipinski definition) is 0. The molecule has 0 aromatic heterocycles. The molecule has 0 radical (unpaired) electrons. The number of rotatable bonds is 6. The summed E-state index contributed by atoms with van der Waals surface area (Å²) in [5, 5.41) is 0. The van der Waals surface area contributed by atoms with Crippen LogP contribution in [0.3, 0.4) is 0 Å². The zero-order chi connectivity index (χ0) is 23.6. The molecule has 7 heteroatoms. The number of methoxy groups -OCH3 is 4. The number of allylic oxidation sites excluding steroid dienone is 1. The minimum atomic E-state index is -0.583. The number of carbonyl (C=O) groups is 2. The lowest BCUT2D eigenvalue weighted by atomic mass is 10.0. The Labute approximate surface area is 187 Å². The van der Waals surface area contributed by atoms with Crippen LogP contribution in [0.2, 0.25) is 0 Å². The quantitative estimate of drug-likeness (QED) is 0.498. The monoisotopic (exact) mass is 437 g/mol. The Morgan fingerprint density at radius 3 is 2.00 bits per heavy atom. The van der Waals surface area contributed by atoms with E-state index in [0.717, 1.165) is 11.1 Å². The summed E-state index contributed by atoms with van der Waals surface area (Å²) in [6.07, 6.45) is 1.63. The second-order valence-corrected chi connectivity index (χ2v) is 7.38. The number of benzene rings is 2. The first-order valence-electron chi connectivity index (χ1n) is 10.00. The second-order valence-electron chi connectivity index (χ2n) is 7.38. The van der Waals surface area contributed by atoms with Gasteiger partial charge in [-0.1, -0.05) is 6.07 Å². The van der Waals surface area contributed by atoms with E-state index in [1.165, 1.54) is 33.3 Å². The minimum Gasteiger partial charge on any atom is -0.493 e. The van der Waals surface area contributed by atoms with Gasteiger partial charge in [-0.15, -0.1) is 0 Å². The van der Waals surface area contributed by atoms with Gasteiger partial charge in [0, 0.05) is 11.4 Å². The first kappa shape index (κ1) is 22.9. The Balaban J connectivity index is 2.19. The fourth-order valence-corrected chi connectivity index (χ4v) is 3.71. The predicted octanol–water partition coefficient (Wildman–Crippen LogP) is 4.21. The van der Waals surface area contributed by atoms with Crippen molar-refractivity contribution in [3.8, 4) is 17.2 Å². The van der Waals surface area contributed by atoms with Crippen LogP contribution in [0.5, 0.6) is 17.2 Å². The molecule has 0 saturated carbocycles. The molecule has 7 nitrogen and oxygen atoms in total. The van der Waals surface area contributed by atoms with Crippen LogP contribution in [0.4, 0.5) is 5.69 Å². The third kappa shape index (κ3) is 3.93. The lowest BCUT2D eigenvalue weighted by molar-refractivity contribution is -0.136. The predicted molar refractivity (Wildman–Crippen MR) is 122 cm³/mol. The van der Waals surface area contributed by atoms with Gasteiger partial charge in [0.25, 0.3) is 5.91 Å². The Hall–Kier alpha value is -3.74. The SMILES string of the molecule is COC(=O)C1=C(C)N(c2ccc(C)c(C)c2)C(=O)/C1=C\c1cc(OC)c(OC)c(OC)c1. The Kier molecular flexibility index (Phi) is 6.58. The van der Waals surface area contributed by atoms with Gasteiger partial charge < -0.3 is 18.9 Å². The molecule has 1 aliphatic heterocycles. The van der Waals surface area contributed by atoms with E-state index in [0.29, 0.717) is 34.2 Å². The van der Waals surface area contributed by atoms with E-state index in [4.69, 9.17) is 18.9 Å². The molecular weight excluding hydrogens is 410 g/mol. The molecule has 1 amide bonds.